The number of urea groups is 1. The molecular weight excluding hydrogens is 595 g/mol. The molecule has 4 rings (SSSR count). The minimum atomic E-state index is -4.50. The third-order valence-corrected chi connectivity index (χ3v) is 8.23. The second kappa shape index (κ2) is 13.5. The van der Waals surface area contributed by atoms with E-state index in [4.69, 9.17) is 4.74 Å². The highest BCUT2D eigenvalue weighted by Gasteiger charge is 2.30. The van der Waals surface area contributed by atoms with E-state index in [1.165, 1.54) is 36.9 Å². The summed E-state index contributed by atoms with van der Waals surface area (Å²) in [4.78, 5) is 15.0. The number of hydrogen-bond donors (Lipinski definition) is 3. The number of hydrogen-bond acceptors (Lipinski definition) is 6. The Labute approximate surface area is 255 Å². The molecule has 1 saturated carbocycles. The largest absolute Gasteiger partial charge is 0.495 e. The smallest absolute Gasteiger partial charge is 0.406 e. The first-order chi connectivity index (χ1) is 20.7. The van der Waals surface area contributed by atoms with E-state index in [2.05, 4.69) is 34.0 Å². The van der Waals surface area contributed by atoms with Crippen LogP contribution in [0.15, 0.2) is 59.1 Å². The lowest BCUT2D eigenvalue weighted by Gasteiger charge is -2.26. The van der Waals surface area contributed by atoms with Gasteiger partial charge in [0.2, 0.25) is 0 Å². The molecule has 9 nitrogen and oxygen atoms in total. The Balaban J connectivity index is 1.52. The van der Waals surface area contributed by atoms with Crippen molar-refractivity contribution in [2.75, 3.05) is 44.6 Å². The van der Waals surface area contributed by atoms with Gasteiger partial charge in [-0.2, -0.15) is 13.2 Å². The van der Waals surface area contributed by atoms with Crippen molar-refractivity contribution < 1.29 is 31.1 Å². The van der Waals surface area contributed by atoms with Crippen LogP contribution in [0, 0.1) is 11.8 Å². The number of alkyl halides is 3. The van der Waals surface area contributed by atoms with Gasteiger partial charge in [0.25, 0.3) is 0 Å². The molecule has 3 N–H and O–H groups in total. The minimum absolute atomic E-state index is 0.00141. The Kier molecular flexibility index (Phi) is 10.0. The molecule has 0 saturated heterocycles. The van der Waals surface area contributed by atoms with E-state index in [-0.39, 0.29) is 34.4 Å². The summed E-state index contributed by atoms with van der Waals surface area (Å²) < 4.78 is 70.8. The summed E-state index contributed by atoms with van der Waals surface area (Å²) in [7, 11) is 1.91. The lowest BCUT2D eigenvalue weighted by molar-refractivity contribution is -0.140. The monoisotopic (exact) mass is 631 g/mol. The van der Waals surface area contributed by atoms with Crippen molar-refractivity contribution in [2.24, 2.45) is 0 Å². The van der Waals surface area contributed by atoms with Crippen LogP contribution in [-0.2, 0) is 16.4 Å². The molecule has 2 amide bonds. The number of allylic oxidation sites excluding steroid dienone is 1. The highest BCUT2D eigenvalue weighted by Crippen LogP contribution is 2.31. The van der Waals surface area contributed by atoms with Gasteiger partial charge >= 0.3 is 12.2 Å². The molecule has 1 heterocycles. The molecular formula is C31H36F3N5O4S. The summed E-state index contributed by atoms with van der Waals surface area (Å²) in [6.45, 7) is -1.21. The van der Waals surface area contributed by atoms with E-state index in [1.54, 1.807) is 18.2 Å². The van der Waals surface area contributed by atoms with Gasteiger partial charge in [-0.25, -0.2) is 13.2 Å². The van der Waals surface area contributed by atoms with Gasteiger partial charge in [-0.05, 0) is 68.1 Å². The van der Waals surface area contributed by atoms with Crippen molar-refractivity contribution in [1.29, 1.82) is 0 Å². The van der Waals surface area contributed by atoms with Crippen LogP contribution in [0.4, 0.5) is 29.3 Å². The molecule has 236 valence electrons. The SMILES string of the molecule is COc1cc(S(C)(=O)=O)ccc1NCC#Cc1cc2c(NC(=O)NC3CCC(=CN(C)C)CC3)cccc2n1CC(F)(F)F. The number of methoxy groups -OCH3 is 1. The van der Waals surface area contributed by atoms with Gasteiger partial charge < -0.3 is 30.2 Å². The van der Waals surface area contributed by atoms with E-state index < -0.39 is 28.6 Å². The number of rotatable bonds is 8. The number of nitrogens with one attached hydrogen (secondary N) is 3. The zero-order valence-corrected chi connectivity index (χ0v) is 25.8. The number of nitrogens with zero attached hydrogens (tertiary/aromatic N) is 2. The average molecular weight is 632 g/mol. The third-order valence-electron chi connectivity index (χ3n) is 7.12. The Bertz CT molecular complexity index is 1710. The predicted octanol–water partition coefficient (Wildman–Crippen LogP) is 5.59. The Morgan fingerprint density at radius 1 is 1.14 bits per heavy atom. The molecule has 0 bridgehead atoms. The van der Waals surface area contributed by atoms with Crippen LogP contribution in [0.5, 0.6) is 5.75 Å². The number of amides is 2. The van der Waals surface area contributed by atoms with Crippen molar-refractivity contribution in [3.8, 4) is 17.6 Å². The highest BCUT2D eigenvalue weighted by molar-refractivity contribution is 7.90. The number of carbonyl (C=O) groups is 1. The zero-order valence-electron chi connectivity index (χ0n) is 25.0. The summed E-state index contributed by atoms with van der Waals surface area (Å²) in [5.41, 5.74) is 2.59. The number of ether oxygens (including phenoxy) is 1. The summed E-state index contributed by atoms with van der Waals surface area (Å²) >= 11 is 0. The van der Waals surface area contributed by atoms with Crippen molar-refractivity contribution in [2.45, 2.75) is 49.3 Å². The maximum Gasteiger partial charge on any atom is 0.406 e. The van der Waals surface area contributed by atoms with E-state index in [9.17, 15) is 26.4 Å². The fraction of sp³-hybridized carbons (Fsp3) is 0.387. The summed E-state index contributed by atoms with van der Waals surface area (Å²) in [5, 5.41) is 9.24. The fourth-order valence-electron chi connectivity index (χ4n) is 5.14. The Morgan fingerprint density at radius 2 is 1.86 bits per heavy atom. The maximum atomic E-state index is 13.6. The van der Waals surface area contributed by atoms with Crippen molar-refractivity contribution in [3.63, 3.8) is 0 Å². The normalized spacial score (nSPS) is 15.2. The lowest BCUT2D eigenvalue weighted by atomic mass is 9.91. The Morgan fingerprint density at radius 3 is 2.50 bits per heavy atom. The van der Waals surface area contributed by atoms with Crippen LogP contribution < -0.4 is 20.7 Å². The quantitative estimate of drug-likeness (QED) is 0.280. The van der Waals surface area contributed by atoms with Crippen LogP contribution >= 0.6 is 0 Å². The first-order valence-electron chi connectivity index (χ1n) is 14.0. The number of sulfone groups is 1. The van der Waals surface area contributed by atoms with E-state index >= 15 is 0 Å². The number of halogens is 3. The molecule has 2 aromatic carbocycles. The maximum absolute atomic E-state index is 13.6. The molecule has 0 radical (unpaired) electrons. The summed E-state index contributed by atoms with van der Waals surface area (Å²) in [5.74, 6) is 5.93. The van der Waals surface area contributed by atoms with Crippen LogP contribution in [0.25, 0.3) is 10.9 Å². The number of benzene rings is 2. The van der Waals surface area contributed by atoms with Gasteiger partial charge in [-0.1, -0.05) is 17.6 Å². The minimum Gasteiger partial charge on any atom is -0.495 e. The Hall–Kier alpha value is -4.31. The molecule has 0 atom stereocenters. The van der Waals surface area contributed by atoms with Gasteiger partial charge in [0.15, 0.2) is 9.84 Å². The lowest BCUT2D eigenvalue weighted by Crippen LogP contribution is -2.39. The highest BCUT2D eigenvalue weighted by atomic mass is 32.2. The number of anilines is 2. The van der Waals surface area contributed by atoms with Gasteiger partial charge in [-0.3, -0.25) is 0 Å². The summed E-state index contributed by atoms with van der Waals surface area (Å²) in [6, 6.07) is 10.2. The molecule has 0 aliphatic heterocycles. The van der Waals surface area contributed by atoms with Crippen molar-refractivity contribution >= 4 is 38.1 Å². The topological polar surface area (TPSA) is 105 Å². The summed E-state index contributed by atoms with van der Waals surface area (Å²) in [6.07, 6.45) is 2.07. The molecule has 13 heteroatoms. The van der Waals surface area contributed by atoms with Gasteiger partial charge in [-0.15, -0.1) is 0 Å². The third kappa shape index (κ3) is 8.63. The first kappa shape index (κ1) is 32.6. The van der Waals surface area contributed by atoms with Crippen LogP contribution in [0.1, 0.15) is 31.4 Å². The zero-order chi connectivity index (χ0) is 32.1. The van der Waals surface area contributed by atoms with Crippen LogP contribution in [0.3, 0.4) is 0 Å². The van der Waals surface area contributed by atoms with Gasteiger partial charge in [0, 0.05) is 37.8 Å². The number of aromatic nitrogens is 1. The van der Waals surface area contributed by atoms with Gasteiger partial charge in [0.05, 0.1) is 41.1 Å². The van der Waals surface area contributed by atoms with Gasteiger partial charge in [0.1, 0.15) is 12.3 Å². The van der Waals surface area contributed by atoms with E-state index in [0.717, 1.165) is 36.5 Å². The molecule has 1 fully saturated rings. The standard InChI is InChI=1S/C31H36F3N5O4S/c1-38(2)19-21-10-12-22(13-11-21)36-30(40)37-26-8-5-9-28-25(26)17-23(39(28)20-31(32,33)34)7-6-16-35-27-15-14-24(44(4,41)42)18-29(27)43-3/h5,8-9,14-15,17-19,22,35H,10-13,16,20H2,1-4H3,(H2,36,37,40). The molecule has 0 spiro atoms. The van der Waals surface area contributed by atoms with Crippen molar-refractivity contribution in [3.05, 3.63) is 59.9 Å². The molecule has 0 unspecified atom stereocenters. The predicted molar refractivity (Wildman–Crippen MR) is 166 cm³/mol. The van der Waals surface area contributed by atoms with E-state index in [0.29, 0.717) is 16.8 Å². The molecule has 44 heavy (non-hydrogen) atoms. The first-order valence-corrected chi connectivity index (χ1v) is 15.9. The molecule has 1 aliphatic rings. The number of carbonyl (C=O) groups excluding carboxylic acids is 1. The van der Waals surface area contributed by atoms with Crippen LogP contribution in [-0.4, -0.2) is 70.1 Å². The number of fused-ring (bicyclic) bond motifs is 1. The average Bonchev–Trinajstić information content (AvgIpc) is 3.28. The second-order valence-corrected chi connectivity index (χ2v) is 12.9. The van der Waals surface area contributed by atoms with Crippen LogP contribution in [0.2, 0.25) is 0 Å². The molecule has 1 aromatic heterocycles. The molecule has 1 aliphatic carbocycles. The van der Waals surface area contributed by atoms with Crippen molar-refractivity contribution in [1.82, 2.24) is 14.8 Å². The van der Waals surface area contributed by atoms with E-state index in [1.807, 2.05) is 19.0 Å². The fourth-order valence-corrected chi connectivity index (χ4v) is 5.78. The second-order valence-electron chi connectivity index (χ2n) is 10.9. The molecule has 3 aromatic rings.